The summed E-state index contributed by atoms with van der Waals surface area (Å²) in [4.78, 5) is 28.2. The molecule has 2 rings (SSSR count). The fourth-order valence-corrected chi connectivity index (χ4v) is 2.13. The summed E-state index contributed by atoms with van der Waals surface area (Å²) < 4.78 is 0. The summed E-state index contributed by atoms with van der Waals surface area (Å²) in [5, 5.41) is 12.6. The van der Waals surface area contributed by atoms with Gasteiger partial charge in [0.1, 0.15) is 0 Å². The molecule has 1 aromatic carbocycles. The van der Waals surface area contributed by atoms with Gasteiger partial charge in [0.25, 0.3) is 0 Å². The number of para-hydroxylation sites is 1. The number of benzene rings is 1. The average molecular weight is 307 g/mol. The minimum Gasteiger partial charge on any atom is -0.355 e. The molecule has 0 aliphatic rings. The minimum absolute atomic E-state index is 0.446. The smallest absolute Gasteiger partial charge is 0.245 e. The summed E-state index contributed by atoms with van der Waals surface area (Å²) in [6.07, 6.45) is 5.28. The molecule has 0 fully saturated rings. The van der Waals surface area contributed by atoms with Crippen molar-refractivity contribution >= 4 is 28.7 Å². The molecule has 116 valence electrons. The van der Waals surface area contributed by atoms with Crippen LogP contribution in [0.1, 0.15) is 18.9 Å². The third-order valence-corrected chi connectivity index (χ3v) is 3.32. The average Bonchev–Trinajstić information content (AvgIpc) is 2.58. The molecule has 0 aliphatic heterocycles. The van der Waals surface area contributed by atoms with E-state index >= 15 is 0 Å². The van der Waals surface area contributed by atoms with Gasteiger partial charge in [-0.05, 0) is 24.6 Å². The molecule has 0 spiro atoms. The number of hydrogen-bond acceptors (Lipinski definition) is 4. The molecule has 0 aliphatic carbocycles. The van der Waals surface area contributed by atoms with Crippen LogP contribution >= 0.6 is 0 Å². The van der Waals surface area contributed by atoms with Crippen molar-refractivity contribution in [2.75, 3.05) is 6.54 Å². The summed E-state index contributed by atoms with van der Waals surface area (Å²) in [5.74, 6) is -2.41. The second-order valence-corrected chi connectivity index (χ2v) is 5.01. The number of nitrogens with one attached hydrogen (secondary N) is 1. The molecule has 0 saturated heterocycles. The van der Waals surface area contributed by atoms with Crippen LogP contribution in [0.4, 0.5) is 0 Å². The normalized spacial score (nSPS) is 12.0. The monoisotopic (exact) mass is 307 g/mol. The van der Waals surface area contributed by atoms with Crippen molar-refractivity contribution in [1.29, 1.82) is 5.26 Å². The summed E-state index contributed by atoms with van der Waals surface area (Å²) in [6.45, 7) is 2.35. The van der Waals surface area contributed by atoms with E-state index in [-0.39, 0.29) is 0 Å². The van der Waals surface area contributed by atoms with E-state index < -0.39 is 17.6 Å². The number of aromatic nitrogens is 1. The van der Waals surface area contributed by atoms with Crippen LogP contribution in [0.2, 0.25) is 0 Å². The molecule has 1 aromatic heterocycles. The molecule has 2 aromatic rings. The van der Waals surface area contributed by atoms with Gasteiger partial charge in [0.15, 0.2) is 11.7 Å². The van der Waals surface area contributed by atoms with Crippen molar-refractivity contribution in [3.8, 4) is 6.07 Å². The molecule has 0 radical (unpaired) electrons. The van der Waals surface area contributed by atoms with Gasteiger partial charge in [-0.2, -0.15) is 5.26 Å². The van der Waals surface area contributed by atoms with Gasteiger partial charge in [0.2, 0.25) is 5.91 Å². The highest BCUT2D eigenvalue weighted by molar-refractivity contribution is 6.10. The van der Waals surface area contributed by atoms with Gasteiger partial charge in [-0.25, -0.2) is 0 Å². The van der Waals surface area contributed by atoms with E-state index in [0.717, 1.165) is 22.9 Å². The fraction of sp³-hybridized carbons (Fsp3) is 0.222. The highest BCUT2D eigenvalue weighted by atomic mass is 16.2. The summed E-state index contributed by atoms with van der Waals surface area (Å²) in [7, 11) is 0. The Morgan fingerprint density at radius 2 is 2.13 bits per heavy atom. The van der Waals surface area contributed by atoms with Crippen LogP contribution < -0.4 is 5.32 Å². The third kappa shape index (κ3) is 4.01. The molecule has 5 nitrogen and oxygen atoms in total. The first kappa shape index (κ1) is 16.4. The SMILES string of the molecule is CCCNC(=O)C(C#N)C(=O)/C=C/c1cccc2cccnc12. The van der Waals surface area contributed by atoms with Crippen molar-refractivity contribution in [1.82, 2.24) is 10.3 Å². The van der Waals surface area contributed by atoms with Crippen molar-refractivity contribution < 1.29 is 9.59 Å². The van der Waals surface area contributed by atoms with Crippen LogP contribution in [0.15, 0.2) is 42.6 Å². The highest BCUT2D eigenvalue weighted by Gasteiger charge is 2.23. The molecule has 23 heavy (non-hydrogen) atoms. The molecular formula is C18H17N3O2. The fourth-order valence-electron chi connectivity index (χ4n) is 2.13. The molecule has 0 bridgehead atoms. The lowest BCUT2D eigenvalue weighted by Crippen LogP contribution is -2.34. The van der Waals surface area contributed by atoms with Crippen molar-refractivity contribution in [2.45, 2.75) is 13.3 Å². The number of amides is 1. The number of rotatable bonds is 6. The second-order valence-electron chi connectivity index (χ2n) is 5.01. The maximum Gasteiger partial charge on any atom is 0.245 e. The van der Waals surface area contributed by atoms with E-state index in [1.165, 1.54) is 6.08 Å². The second kappa shape index (κ2) is 7.85. The van der Waals surface area contributed by atoms with E-state index in [4.69, 9.17) is 5.26 Å². The summed E-state index contributed by atoms with van der Waals surface area (Å²) in [6, 6.07) is 11.1. The zero-order valence-corrected chi connectivity index (χ0v) is 12.8. The van der Waals surface area contributed by atoms with E-state index in [2.05, 4.69) is 10.3 Å². The van der Waals surface area contributed by atoms with Gasteiger partial charge >= 0.3 is 0 Å². The Balaban J connectivity index is 2.19. The molecular weight excluding hydrogens is 290 g/mol. The quantitative estimate of drug-likeness (QED) is 0.656. The lowest BCUT2D eigenvalue weighted by Gasteiger charge is -2.06. The lowest BCUT2D eigenvalue weighted by molar-refractivity contribution is -0.129. The summed E-state index contributed by atoms with van der Waals surface area (Å²) in [5.41, 5.74) is 1.53. The van der Waals surface area contributed by atoms with Gasteiger partial charge in [0.05, 0.1) is 11.6 Å². The number of ketones is 1. The Hall–Kier alpha value is -3.00. The van der Waals surface area contributed by atoms with Crippen LogP contribution in [0.5, 0.6) is 0 Å². The number of nitriles is 1. The Labute approximate surface area is 134 Å². The first-order chi connectivity index (χ1) is 11.2. The number of carbonyl (C=O) groups is 2. The number of hydrogen-bond donors (Lipinski definition) is 1. The molecule has 1 unspecified atom stereocenters. The predicted octanol–water partition coefficient (Wildman–Crippen LogP) is 2.48. The Kier molecular flexibility index (Phi) is 5.59. The first-order valence-corrected chi connectivity index (χ1v) is 7.40. The van der Waals surface area contributed by atoms with Crippen molar-refractivity contribution in [3.63, 3.8) is 0 Å². The standard InChI is InChI=1S/C18H17N3O2/c1-2-10-21-18(23)15(12-19)16(22)9-8-14-6-3-5-13-7-4-11-20-17(13)14/h3-9,11,15H,2,10H2,1H3,(H,21,23)/b9-8+. The Bertz CT molecular complexity index is 785. The molecule has 1 heterocycles. The molecule has 1 N–H and O–H groups in total. The van der Waals surface area contributed by atoms with Gasteiger partial charge in [-0.15, -0.1) is 0 Å². The number of allylic oxidation sites excluding steroid dienone is 1. The maximum absolute atomic E-state index is 12.1. The van der Waals surface area contributed by atoms with E-state index in [0.29, 0.717) is 6.54 Å². The van der Waals surface area contributed by atoms with Crippen LogP contribution in [-0.4, -0.2) is 23.2 Å². The number of fused-ring (bicyclic) bond motifs is 1. The predicted molar refractivity (Wildman–Crippen MR) is 88.2 cm³/mol. The number of nitrogens with zero attached hydrogens (tertiary/aromatic N) is 2. The first-order valence-electron chi connectivity index (χ1n) is 7.40. The molecule has 0 saturated carbocycles. The van der Waals surface area contributed by atoms with Crippen LogP contribution in [-0.2, 0) is 9.59 Å². The lowest BCUT2D eigenvalue weighted by atomic mass is 10.0. The van der Waals surface area contributed by atoms with Gasteiger partial charge < -0.3 is 5.32 Å². The van der Waals surface area contributed by atoms with Crippen LogP contribution in [0.25, 0.3) is 17.0 Å². The minimum atomic E-state index is -1.32. The Morgan fingerprint density at radius 1 is 1.35 bits per heavy atom. The summed E-state index contributed by atoms with van der Waals surface area (Å²) >= 11 is 0. The van der Waals surface area contributed by atoms with Gasteiger partial charge in [-0.3, -0.25) is 14.6 Å². The van der Waals surface area contributed by atoms with Crippen molar-refractivity contribution in [3.05, 3.63) is 48.2 Å². The Morgan fingerprint density at radius 3 is 2.87 bits per heavy atom. The molecule has 1 amide bonds. The number of carbonyl (C=O) groups excluding carboxylic acids is 2. The number of pyridine rings is 1. The highest BCUT2D eigenvalue weighted by Crippen LogP contribution is 2.17. The zero-order valence-electron chi connectivity index (χ0n) is 12.8. The largest absolute Gasteiger partial charge is 0.355 e. The maximum atomic E-state index is 12.1. The molecule has 5 heteroatoms. The molecule has 1 atom stereocenters. The van der Waals surface area contributed by atoms with E-state index in [1.54, 1.807) is 18.3 Å². The van der Waals surface area contributed by atoms with Crippen LogP contribution in [0.3, 0.4) is 0 Å². The van der Waals surface area contributed by atoms with Gasteiger partial charge in [0, 0.05) is 23.7 Å². The van der Waals surface area contributed by atoms with E-state index in [1.807, 2.05) is 37.3 Å². The van der Waals surface area contributed by atoms with Crippen molar-refractivity contribution in [2.24, 2.45) is 5.92 Å². The topological polar surface area (TPSA) is 82.9 Å². The third-order valence-electron chi connectivity index (χ3n) is 3.32. The van der Waals surface area contributed by atoms with Crippen LogP contribution in [0, 0.1) is 17.2 Å². The van der Waals surface area contributed by atoms with Gasteiger partial charge in [-0.1, -0.05) is 31.2 Å². The van der Waals surface area contributed by atoms with E-state index in [9.17, 15) is 9.59 Å². The zero-order chi connectivity index (χ0) is 16.7.